The van der Waals surface area contributed by atoms with Gasteiger partial charge in [0.25, 0.3) is 0 Å². The van der Waals surface area contributed by atoms with Crippen LogP contribution in [0, 0.1) is 0 Å². The molecule has 0 atom stereocenters. The average molecular weight is 246 g/mol. The molecule has 0 aromatic carbocycles. The zero-order valence-electron chi connectivity index (χ0n) is 9.85. The summed E-state index contributed by atoms with van der Waals surface area (Å²) < 4.78 is 36.8. The molecule has 0 amide bonds. The monoisotopic (exact) mass is 246 g/mol. The number of aromatic nitrogens is 1. The Bertz CT molecular complexity index is 320. The number of nitrogens with one attached hydrogen (secondary N) is 1. The van der Waals surface area contributed by atoms with Gasteiger partial charge in [-0.2, -0.15) is 13.2 Å². The van der Waals surface area contributed by atoms with Crippen LogP contribution in [0.1, 0.15) is 38.2 Å². The van der Waals surface area contributed by atoms with E-state index in [4.69, 9.17) is 0 Å². The Labute approximate surface area is 99.3 Å². The van der Waals surface area contributed by atoms with Crippen molar-refractivity contribution in [1.29, 1.82) is 0 Å². The van der Waals surface area contributed by atoms with Crippen LogP contribution in [0.5, 0.6) is 0 Å². The molecule has 0 bridgehead atoms. The lowest BCUT2D eigenvalue weighted by molar-refractivity contribution is -0.137. The number of rotatable bonds is 6. The van der Waals surface area contributed by atoms with Crippen LogP contribution in [-0.4, -0.2) is 11.5 Å². The van der Waals surface area contributed by atoms with Crippen LogP contribution in [0.15, 0.2) is 18.3 Å². The lowest BCUT2D eigenvalue weighted by Crippen LogP contribution is -2.07. The number of hydrogen-bond acceptors (Lipinski definition) is 2. The van der Waals surface area contributed by atoms with Gasteiger partial charge in [-0.25, -0.2) is 4.98 Å². The molecule has 0 aliphatic heterocycles. The first-order chi connectivity index (χ1) is 8.04. The van der Waals surface area contributed by atoms with Gasteiger partial charge in [-0.3, -0.25) is 0 Å². The maximum absolute atomic E-state index is 12.3. The Morgan fingerprint density at radius 2 is 1.94 bits per heavy atom. The zero-order chi connectivity index (χ0) is 12.7. The van der Waals surface area contributed by atoms with Gasteiger partial charge in [0.1, 0.15) is 5.82 Å². The first kappa shape index (κ1) is 13.8. The molecule has 0 saturated heterocycles. The van der Waals surface area contributed by atoms with E-state index < -0.39 is 11.7 Å². The van der Waals surface area contributed by atoms with Crippen LogP contribution in [0.2, 0.25) is 0 Å². The third kappa shape index (κ3) is 5.06. The van der Waals surface area contributed by atoms with Gasteiger partial charge in [0.15, 0.2) is 0 Å². The Morgan fingerprint density at radius 1 is 1.18 bits per heavy atom. The maximum Gasteiger partial charge on any atom is 0.417 e. The molecule has 0 spiro atoms. The summed E-state index contributed by atoms with van der Waals surface area (Å²) in [6, 6.07) is 2.41. The van der Waals surface area contributed by atoms with Crippen LogP contribution >= 0.6 is 0 Å². The topological polar surface area (TPSA) is 24.9 Å². The predicted octanol–water partition coefficient (Wildman–Crippen LogP) is 4.09. The first-order valence-electron chi connectivity index (χ1n) is 5.81. The molecule has 0 radical (unpaired) electrons. The van der Waals surface area contributed by atoms with Crippen LogP contribution < -0.4 is 5.32 Å². The van der Waals surface area contributed by atoms with Gasteiger partial charge in [-0.15, -0.1) is 0 Å². The van der Waals surface area contributed by atoms with Crippen molar-refractivity contribution in [2.75, 3.05) is 11.9 Å². The van der Waals surface area contributed by atoms with Crippen LogP contribution in [0.4, 0.5) is 19.0 Å². The molecular weight excluding hydrogens is 229 g/mol. The normalized spacial score (nSPS) is 11.5. The number of nitrogens with zero attached hydrogens (tertiary/aromatic N) is 1. The molecule has 1 N–H and O–H groups in total. The summed E-state index contributed by atoms with van der Waals surface area (Å²) in [7, 11) is 0. The molecule has 1 aromatic heterocycles. The van der Waals surface area contributed by atoms with E-state index >= 15 is 0 Å². The molecule has 5 heteroatoms. The highest BCUT2D eigenvalue weighted by molar-refractivity contribution is 5.35. The molecule has 0 aliphatic rings. The van der Waals surface area contributed by atoms with Crippen LogP contribution in [0.25, 0.3) is 0 Å². The number of hydrogen-bond donors (Lipinski definition) is 1. The molecule has 0 fully saturated rings. The summed E-state index contributed by atoms with van der Waals surface area (Å²) in [5, 5.41) is 3.00. The summed E-state index contributed by atoms with van der Waals surface area (Å²) in [6.07, 6.45) is 1.03. The Balaban J connectivity index is 2.36. The van der Waals surface area contributed by atoms with Crippen LogP contribution in [0.3, 0.4) is 0 Å². The van der Waals surface area contributed by atoms with E-state index in [1.807, 2.05) is 0 Å². The summed E-state index contributed by atoms with van der Waals surface area (Å²) in [5.41, 5.74) is -0.714. The molecule has 2 nitrogen and oxygen atoms in total. The summed E-state index contributed by atoms with van der Waals surface area (Å²) in [5.74, 6) is 0.495. The van der Waals surface area contributed by atoms with Crippen molar-refractivity contribution in [3.8, 4) is 0 Å². The van der Waals surface area contributed by atoms with E-state index in [9.17, 15) is 13.2 Å². The number of unbranched alkanes of at least 4 members (excludes halogenated alkanes) is 3. The largest absolute Gasteiger partial charge is 0.417 e. The zero-order valence-corrected chi connectivity index (χ0v) is 9.85. The summed E-state index contributed by atoms with van der Waals surface area (Å²) >= 11 is 0. The highest BCUT2D eigenvalue weighted by Gasteiger charge is 2.30. The molecule has 96 valence electrons. The molecule has 1 rings (SSSR count). The van der Waals surface area contributed by atoms with Gasteiger partial charge in [0.2, 0.25) is 0 Å². The number of alkyl halides is 3. The van der Waals surface area contributed by atoms with Gasteiger partial charge >= 0.3 is 6.18 Å². The Hall–Kier alpha value is -1.26. The fourth-order valence-corrected chi connectivity index (χ4v) is 1.43. The molecule has 0 unspecified atom stereocenters. The standard InChI is InChI=1S/C12H17F3N2/c1-2-3-4-5-8-16-11-7-6-10(9-17-11)12(13,14)15/h6-7,9H,2-5,8H2,1H3,(H,16,17). The van der Waals surface area contributed by atoms with Crippen molar-refractivity contribution in [2.45, 2.75) is 38.8 Å². The van der Waals surface area contributed by atoms with Gasteiger partial charge in [0.05, 0.1) is 5.56 Å². The van der Waals surface area contributed by atoms with Crippen molar-refractivity contribution < 1.29 is 13.2 Å². The minimum atomic E-state index is -4.31. The molecule has 17 heavy (non-hydrogen) atoms. The summed E-state index contributed by atoms with van der Waals surface area (Å²) in [6.45, 7) is 2.88. The minimum Gasteiger partial charge on any atom is -0.370 e. The van der Waals surface area contributed by atoms with Crippen molar-refractivity contribution in [3.63, 3.8) is 0 Å². The van der Waals surface area contributed by atoms with E-state index in [1.165, 1.54) is 18.9 Å². The predicted molar refractivity (Wildman–Crippen MR) is 61.9 cm³/mol. The third-order valence-electron chi connectivity index (χ3n) is 2.43. The van der Waals surface area contributed by atoms with E-state index in [1.54, 1.807) is 0 Å². The van der Waals surface area contributed by atoms with Gasteiger partial charge in [-0.1, -0.05) is 26.2 Å². The maximum atomic E-state index is 12.3. The van der Waals surface area contributed by atoms with Crippen LogP contribution in [-0.2, 0) is 6.18 Å². The Morgan fingerprint density at radius 3 is 2.47 bits per heavy atom. The van der Waals surface area contributed by atoms with Gasteiger partial charge in [0, 0.05) is 12.7 Å². The fourth-order valence-electron chi connectivity index (χ4n) is 1.43. The van der Waals surface area contributed by atoms with E-state index in [-0.39, 0.29) is 0 Å². The van der Waals surface area contributed by atoms with Crippen molar-refractivity contribution in [2.24, 2.45) is 0 Å². The second-order valence-electron chi connectivity index (χ2n) is 3.92. The first-order valence-corrected chi connectivity index (χ1v) is 5.81. The van der Waals surface area contributed by atoms with E-state index in [2.05, 4.69) is 17.2 Å². The fraction of sp³-hybridized carbons (Fsp3) is 0.583. The number of anilines is 1. The second-order valence-corrected chi connectivity index (χ2v) is 3.92. The van der Waals surface area contributed by atoms with E-state index in [0.717, 1.165) is 31.6 Å². The minimum absolute atomic E-state index is 0.495. The highest BCUT2D eigenvalue weighted by atomic mass is 19.4. The number of halogens is 3. The quantitative estimate of drug-likeness (QED) is 0.764. The second kappa shape index (κ2) is 6.47. The van der Waals surface area contributed by atoms with Crippen molar-refractivity contribution >= 4 is 5.82 Å². The SMILES string of the molecule is CCCCCCNc1ccc(C(F)(F)F)cn1. The molecular formula is C12H17F3N2. The molecule has 1 heterocycles. The molecule has 0 saturated carbocycles. The summed E-state index contributed by atoms with van der Waals surface area (Å²) in [4.78, 5) is 3.73. The molecule has 1 aromatic rings. The lowest BCUT2D eigenvalue weighted by atomic mass is 10.2. The third-order valence-corrected chi connectivity index (χ3v) is 2.43. The number of pyridine rings is 1. The van der Waals surface area contributed by atoms with Crippen molar-refractivity contribution in [1.82, 2.24) is 4.98 Å². The average Bonchev–Trinajstić information content (AvgIpc) is 2.28. The van der Waals surface area contributed by atoms with Gasteiger partial charge < -0.3 is 5.32 Å². The highest BCUT2D eigenvalue weighted by Crippen LogP contribution is 2.28. The lowest BCUT2D eigenvalue weighted by Gasteiger charge is -2.08. The van der Waals surface area contributed by atoms with Crippen molar-refractivity contribution in [3.05, 3.63) is 23.9 Å². The van der Waals surface area contributed by atoms with Gasteiger partial charge in [-0.05, 0) is 18.6 Å². The Kier molecular flexibility index (Phi) is 5.25. The smallest absolute Gasteiger partial charge is 0.370 e. The molecule has 0 aliphatic carbocycles. The van der Waals surface area contributed by atoms with E-state index in [0.29, 0.717) is 5.82 Å².